The minimum absolute atomic E-state index is 0.595. The van der Waals surface area contributed by atoms with Gasteiger partial charge in [-0.25, -0.2) is 4.68 Å². The average Bonchev–Trinajstić information content (AvgIpc) is 3.03. The van der Waals surface area contributed by atoms with Crippen molar-refractivity contribution in [2.45, 2.75) is 32.6 Å². The number of nitrogen functional groups attached to an aromatic ring is 1. The first-order valence-corrected chi connectivity index (χ1v) is 6.56. The zero-order chi connectivity index (χ0) is 12.9. The molecule has 1 saturated carbocycles. The van der Waals surface area contributed by atoms with Crippen LogP contribution < -0.4 is 5.73 Å². The normalized spacial score (nSPS) is 15.1. The molecular weight excluding hydrogens is 246 g/mol. The van der Waals surface area contributed by atoms with Crippen LogP contribution in [0.5, 0.6) is 0 Å². The van der Waals surface area contributed by atoms with E-state index in [1.807, 2.05) is 26.0 Å². The van der Waals surface area contributed by atoms with E-state index in [9.17, 15) is 0 Å². The first kappa shape index (κ1) is 11.6. The third-order valence-corrected chi connectivity index (χ3v) is 3.65. The number of hydrogen-bond donors (Lipinski definition) is 1. The van der Waals surface area contributed by atoms with Crippen LogP contribution >= 0.6 is 11.6 Å². The lowest BCUT2D eigenvalue weighted by molar-refractivity contribution is 0.839. The van der Waals surface area contributed by atoms with Crippen molar-refractivity contribution < 1.29 is 0 Å². The number of aromatic nitrogens is 2. The van der Waals surface area contributed by atoms with Crippen molar-refractivity contribution in [3.63, 3.8) is 0 Å². The van der Waals surface area contributed by atoms with E-state index in [-0.39, 0.29) is 0 Å². The fraction of sp³-hybridized carbons (Fsp3) is 0.357. The summed E-state index contributed by atoms with van der Waals surface area (Å²) < 4.78 is 1.77. The molecule has 2 N–H and O–H groups in total. The van der Waals surface area contributed by atoms with Crippen LogP contribution in [-0.4, -0.2) is 9.78 Å². The molecule has 0 saturated heterocycles. The van der Waals surface area contributed by atoms with Gasteiger partial charge in [0.25, 0.3) is 0 Å². The lowest BCUT2D eigenvalue weighted by Crippen LogP contribution is -2.05. The zero-order valence-electron chi connectivity index (χ0n) is 10.6. The Hall–Kier alpha value is -1.48. The van der Waals surface area contributed by atoms with Gasteiger partial charge in [0.1, 0.15) is 5.82 Å². The Morgan fingerprint density at radius 1 is 1.28 bits per heavy atom. The number of nitrogens with two attached hydrogens (primary N) is 1. The Balaban J connectivity index is 2.14. The summed E-state index contributed by atoms with van der Waals surface area (Å²) in [6, 6.07) is 6.01. The molecule has 4 heteroatoms. The molecule has 0 bridgehead atoms. The highest BCUT2D eigenvalue weighted by Crippen LogP contribution is 2.40. The highest BCUT2D eigenvalue weighted by Gasteiger charge is 2.27. The minimum Gasteiger partial charge on any atom is -0.384 e. The predicted octanol–water partition coefficient (Wildman–Crippen LogP) is 3.60. The van der Waals surface area contributed by atoms with Gasteiger partial charge in [-0.2, -0.15) is 5.10 Å². The van der Waals surface area contributed by atoms with E-state index in [0.29, 0.717) is 16.8 Å². The van der Waals surface area contributed by atoms with Crippen LogP contribution in [0.15, 0.2) is 18.2 Å². The van der Waals surface area contributed by atoms with Crippen LogP contribution in [0.25, 0.3) is 5.69 Å². The fourth-order valence-corrected chi connectivity index (χ4v) is 2.75. The van der Waals surface area contributed by atoms with Crippen LogP contribution in [0.3, 0.4) is 0 Å². The van der Waals surface area contributed by atoms with Gasteiger partial charge in [0, 0.05) is 12.0 Å². The van der Waals surface area contributed by atoms with Gasteiger partial charge in [-0.3, -0.25) is 0 Å². The van der Waals surface area contributed by atoms with Gasteiger partial charge in [0.05, 0.1) is 16.4 Å². The summed E-state index contributed by atoms with van der Waals surface area (Å²) in [5, 5.41) is 5.30. The highest BCUT2D eigenvalue weighted by molar-refractivity contribution is 6.32. The summed E-state index contributed by atoms with van der Waals surface area (Å²) in [5.41, 5.74) is 10.3. The number of halogens is 1. The molecule has 1 aliphatic rings. The third kappa shape index (κ3) is 1.89. The molecule has 3 rings (SSSR count). The van der Waals surface area contributed by atoms with Gasteiger partial charge in [-0.1, -0.05) is 17.7 Å². The maximum absolute atomic E-state index is 6.33. The molecule has 0 radical (unpaired) electrons. The van der Waals surface area contributed by atoms with E-state index in [1.165, 1.54) is 12.8 Å². The molecule has 1 heterocycles. The summed E-state index contributed by atoms with van der Waals surface area (Å²) in [6.07, 6.45) is 2.44. The van der Waals surface area contributed by atoms with Crippen molar-refractivity contribution in [3.8, 4) is 5.69 Å². The summed E-state index contributed by atoms with van der Waals surface area (Å²) >= 11 is 6.33. The van der Waals surface area contributed by atoms with E-state index in [1.54, 1.807) is 4.68 Å². The van der Waals surface area contributed by atoms with Gasteiger partial charge in [0.2, 0.25) is 0 Å². The molecule has 0 aliphatic heterocycles. The summed E-state index contributed by atoms with van der Waals surface area (Å²) in [5.74, 6) is 1.25. The SMILES string of the molecule is Cc1cc(C)c(-n2nc(C3CC3)cc2N)c(Cl)c1. The standard InChI is InChI=1S/C14H16ClN3/c1-8-5-9(2)14(11(15)6-8)18-13(16)7-12(17-18)10-3-4-10/h5-7,10H,3-4,16H2,1-2H3. The number of nitrogens with zero attached hydrogens (tertiary/aromatic N) is 2. The van der Waals surface area contributed by atoms with Crippen molar-refractivity contribution in [2.24, 2.45) is 0 Å². The van der Waals surface area contributed by atoms with E-state index in [2.05, 4.69) is 11.2 Å². The van der Waals surface area contributed by atoms with Crippen molar-refractivity contribution in [1.82, 2.24) is 9.78 Å². The van der Waals surface area contributed by atoms with E-state index >= 15 is 0 Å². The zero-order valence-corrected chi connectivity index (χ0v) is 11.3. The molecule has 0 unspecified atom stereocenters. The van der Waals surface area contributed by atoms with Crippen molar-refractivity contribution in [1.29, 1.82) is 0 Å². The van der Waals surface area contributed by atoms with Gasteiger partial charge >= 0.3 is 0 Å². The van der Waals surface area contributed by atoms with Crippen LogP contribution in [0, 0.1) is 13.8 Å². The number of rotatable bonds is 2. The quantitative estimate of drug-likeness (QED) is 0.898. The second-order valence-corrected chi connectivity index (χ2v) is 5.50. The topological polar surface area (TPSA) is 43.8 Å². The van der Waals surface area contributed by atoms with Crippen molar-refractivity contribution in [3.05, 3.63) is 40.0 Å². The fourth-order valence-electron chi connectivity index (χ4n) is 2.35. The molecule has 1 aliphatic carbocycles. The lowest BCUT2D eigenvalue weighted by atomic mass is 10.1. The Kier molecular flexibility index (Phi) is 2.59. The third-order valence-electron chi connectivity index (χ3n) is 3.36. The minimum atomic E-state index is 0.595. The van der Waals surface area contributed by atoms with Crippen molar-refractivity contribution in [2.75, 3.05) is 5.73 Å². The van der Waals surface area contributed by atoms with E-state index in [4.69, 9.17) is 17.3 Å². The Morgan fingerprint density at radius 2 is 2.00 bits per heavy atom. The molecular formula is C14H16ClN3. The van der Waals surface area contributed by atoms with Gasteiger partial charge in [0.15, 0.2) is 0 Å². The van der Waals surface area contributed by atoms with Crippen molar-refractivity contribution >= 4 is 17.4 Å². The maximum Gasteiger partial charge on any atom is 0.127 e. The smallest absolute Gasteiger partial charge is 0.127 e. The molecule has 2 aromatic rings. The number of aryl methyl sites for hydroxylation is 2. The number of hydrogen-bond acceptors (Lipinski definition) is 2. The van der Waals surface area contributed by atoms with Gasteiger partial charge in [-0.15, -0.1) is 0 Å². The highest BCUT2D eigenvalue weighted by atomic mass is 35.5. The Bertz CT molecular complexity index is 588. The van der Waals surface area contributed by atoms with Crippen LogP contribution in [0.2, 0.25) is 5.02 Å². The number of anilines is 1. The molecule has 1 aromatic heterocycles. The molecule has 1 fully saturated rings. The molecule has 0 atom stereocenters. The largest absolute Gasteiger partial charge is 0.384 e. The first-order valence-electron chi connectivity index (χ1n) is 6.19. The van der Waals surface area contributed by atoms with Gasteiger partial charge < -0.3 is 5.73 Å². The first-order chi connectivity index (χ1) is 8.56. The van der Waals surface area contributed by atoms with E-state index < -0.39 is 0 Å². The van der Waals surface area contributed by atoms with E-state index in [0.717, 1.165) is 22.5 Å². The van der Waals surface area contributed by atoms with Gasteiger partial charge in [-0.05, 0) is 43.9 Å². The molecule has 0 spiro atoms. The van der Waals surface area contributed by atoms with Crippen LogP contribution in [0.4, 0.5) is 5.82 Å². The lowest BCUT2D eigenvalue weighted by Gasteiger charge is -2.11. The maximum atomic E-state index is 6.33. The Morgan fingerprint density at radius 3 is 2.61 bits per heavy atom. The number of benzene rings is 1. The van der Waals surface area contributed by atoms with Crippen LogP contribution in [0.1, 0.15) is 35.6 Å². The summed E-state index contributed by atoms with van der Waals surface area (Å²) in [6.45, 7) is 4.07. The molecule has 94 valence electrons. The molecule has 3 nitrogen and oxygen atoms in total. The molecule has 0 amide bonds. The monoisotopic (exact) mass is 261 g/mol. The van der Waals surface area contributed by atoms with Crippen LogP contribution in [-0.2, 0) is 0 Å². The summed E-state index contributed by atoms with van der Waals surface area (Å²) in [4.78, 5) is 0. The predicted molar refractivity (Wildman–Crippen MR) is 74.4 cm³/mol. The Labute approximate surface area is 112 Å². The second-order valence-electron chi connectivity index (χ2n) is 5.09. The molecule has 1 aromatic carbocycles. The second kappa shape index (κ2) is 4.02. The summed E-state index contributed by atoms with van der Waals surface area (Å²) in [7, 11) is 0. The average molecular weight is 262 g/mol. The molecule has 18 heavy (non-hydrogen) atoms.